The molecule has 1 N–H and O–H groups in total. The van der Waals surface area contributed by atoms with Gasteiger partial charge in [-0.15, -0.1) is 0 Å². The lowest BCUT2D eigenvalue weighted by Crippen LogP contribution is -2.21. The SMILES string of the molecule is C=N/C=C(\CC)N(C)C(C)=N. The minimum atomic E-state index is 0.516. The maximum absolute atomic E-state index is 7.34. The van der Waals surface area contributed by atoms with E-state index in [2.05, 4.69) is 11.7 Å². The molecule has 0 aliphatic heterocycles. The van der Waals surface area contributed by atoms with Gasteiger partial charge in [-0.1, -0.05) is 6.92 Å². The smallest absolute Gasteiger partial charge is 0.0965 e. The van der Waals surface area contributed by atoms with Gasteiger partial charge in [-0.2, -0.15) is 0 Å². The summed E-state index contributed by atoms with van der Waals surface area (Å²) in [5.41, 5.74) is 1.01. The van der Waals surface area contributed by atoms with Crippen LogP contribution in [0.2, 0.25) is 0 Å². The van der Waals surface area contributed by atoms with Crippen molar-refractivity contribution in [2.24, 2.45) is 4.99 Å². The number of amidine groups is 1. The molecule has 3 heteroatoms. The van der Waals surface area contributed by atoms with Crippen LogP contribution < -0.4 is 0 Å². The maximum Gasteiger partial charge on any atom is 0.0965 e. The summed E-state index contributed by atoms with van der Waals surface area (Å²) in [5, 5.41) is 7.34. The standard InChI is InChI=1S/C8H15N3/c1-5-8(6-10-3)11(4)7(2)9/h6,9H,3,5H2,1-2,4H3/b8-6+,9-7?. The molecule has 0 spiro atoms. The molecule has 0 bridgehead atoms. The summed E-state index contributed by atoms with van der Waals surface area (Å²) in [5.74, 6) is 0.516. The van der Waals surface area contributed by atoms with Crippen molar-refractivity contribution < 1.29 is 0 Å². The number of nitrogens with one attached hydrogen (secondary N) is 1. The van der Waals surface area contributed by atoms with E-state index in [4.69, 9.17) is 5.41 Å². The summed E-state index contributed by atoms with van der Waals surface area (Å²) in [4.78, 5) is 5.45. The monoisotopic (exact) mass is 153 g/mol. The van der Waals surface area contributed by atoms with Crippen molar-refractivity contribution in [3.8, 4) is 0 Å². The Morgan fingerprint density at radius 1 is 1.73 bits per heavy atom. The van der Waals surface area contributed by atoms with Crippen LogP contribution >= 0.6 is 0 Å². The van der Waals surface area contributed by atoms with E-state index >= 15 is 0 Å². The largest absolute Gasteiger partial charge is 0.336 e. The number of hydrogen-bond acceptors (Lipinski definition) is 2. The molecule has 0 aromatic heterocycles. The lowest BCUT2D eigenvalue weighted by Gasteiger charge is -2.18. The number of aliphatic imine (C=N–C) groups is 1. The van der Waals surface area contributed by atoms with E-state index < -0.39 is 0 Å². The first kappa shape index (κ1) is 9.88. The van der Waals surface area contributed by atoms with Crippen molar-refractivity contribution in [2.75, 3.05) is 7.05 Å². The molecule has 62 valence electrons. The van der Waals surface area contributed by atoms with Crippen LogP contribution in [-0.2, 0) is 0 Å². The molecule has 11 heavy (non-hydrogen) atoms. The molecule has 0 rings (SSSR count). The van der Waals surface area contributed by atoms with Crippen LogP contribution in [0.1, 0.15) is 20.3 Å². The Hall–Kier alpha value is -1.12. The van der Waals surface area contributed by atoms with Crippen LogP contribution in [0.3, 0.4) is 0 Å². The summed E-state index contributed by atoms with van der Waals surface area (Å²) in [7, 11) is 1.85. The molecule has 0 aromatic rings. The van der Waals surface area contributed by atoms with Gasteiger partial charge in [0.25, 0.3) is 0 Å². The fraction of sp³-hybridized carbons (Fsp3) is 0.500. The predicted octanol–water partition coefficient (Wildman–Crippen LogP) is 1.87. The summed E-state index contributed by atoms with van der Waals surface area (Å²) in [6, 6.07) is 0. The topological polar surface area (TPSA) is 39.5 Å². The lowest BCUT2D eigenvalue weighted by molar-refractivity contribution is 0.589. The summed E-state index contributed by atoms with van der Waals surface area (Å²) >= 11 is 0. The van der Waals surface area contributed by atoms with Crippen molar-refractivity contribution in [3.63, 3.8) is 0 Å². The lowest BCUT2D eigenvalue weighted by atomic mass is 10.3. The molecular weight excluding hydrogens is 138 g/mol. The van der Waals surface area contributed by atoms with Gasteiger partial charge in [0, 0.05) is 18.9 Å². The quantitative estimate of drug-likeness (QED) is 0.488. The van der Waals surface area contributed by atoms with Gasteiger partial charge >= 0.3 is 0 Å². The molecule has 0 fully saturated rings. The molecule has 0 amide bonds. The second-order valence-electron chi connectivity index (χ2n) is 2.30. The summed E-state index contributed by atoms with van der Waals surface area (Å²) in [6.45, 7) is 7.13. The molecule has 0 radical (unpaired) electrons. The normalized spacial score (nSPS) is 11.0. The number of rotatable bonds is 3. The van der Waals surface area contributed by atoms with Crippen molar-refractivity contribution >= 4 is 12.6 Å². The van der Waals surface area contributed by atoms with Crippen molar-refractivity contribution in [1.29, 1.82) is 5.41 Å². The van der Waals surface area contributed by atoms with E-state index in [1.54, 1.807) is 18.0 Å². The Balaban J connectivity index is 4.37. The minimum Gasteiger partial charge on any atom is -0.336 e. The maximum atomic E-state index is 7.34. The Kier molecular flexibility index (Phi) is 4.18. The van der Waals surface area contributed by atoms with Crippen LogP contribution in [0, 0.1) is 5.41 Å². The molecular formula is C8H15N3. The van der Waals surface area contributed by atoms with Crippen molar-refractivity contribution in [3.05, 3.63) is 11.9 Å². The second kappa shape index (κ2) is 4.66. The molecule has 0 aromatic carbocycles. The summed E-state index contributed by atoms with van der Waals surface area (Å²) < 4.78 is 0. The first-order valence-corrected chi connectivity index (χ1v) is 3.57. The highest BCUT2D eigenvalue weighted by Crippen LogP contribution is 2.05. The second-order valence-corrected chi connectivity index (χ2v) is 2.30. The van der Waals surface area contributed by atoms with E-state index in [0.717, 1.165) is 12.1 Å². The van der Waals surface area contributed by atoms with E-state index in [-0.39, 0.29) is 0 Å². The van der Waals surface area contributed by atoms with Gasteiger partial charge in [0.15, 0.2) is 0 Å². The minimum absolute atomic E-state index is 0.516. The van der Waals surface area contributed by atoms with E-state index in [1.807, 2.05) is 14.0 Å². The third-order valence-electron chi connectivity index (χ3n) is 1.54. The highest BCUT2D eigenvalue weighted by molar-refractivity contribution is 5.77. The highest BCUT2D eigenvalue weighted by Gasteiger charge is 2.02. The third-order valence-corrected chi connectivity index (χ3v) is 1.54. The predicted molar refractivity (Wildman–Crippen MR) is 49.1 cm³/mol. The van der Waals surface area contributed by atoms with Crippen LogP contribution in [0.4, 0.5) is 0 Å². The molecule has 0 aliphatic carbocycles. The van der Waals surface area contributed by atoms with Gasteiger partial charge in [0.1, 0.15) is 0 Å². The van der Waals surface area contributed by atoms with Crippen LogP contribution in [0.15, 0.2) is 16.9 Å². The van der Waals surface area contributed by atoms with Gasteiger partial charge in [-0.05, 0) is 20.1 Å². The van der Waals surface area contributed by atoms with Gasteiger partial charge in [-0.25, -0.2) is 0 Å². The zero-order chi connectivity index (χ0) is 8.85. The first-order valence-electron chi connectivity index (χ1n) is 3.57. The van der Waals surface area contributed by atoms with Crippen LogP contribution in [0.25, 0.3) is 0 Å². The Morgan fingerprint density at radius 3 is 2.55 bits per heavy atom. The molecule has 0 heterocycles. The molecule has 0 saturated heterocycles. The average Bonchev–Trinajstić information content (AvgIpc) is 1.98. The zero-order valence-electron chi connectivity index (χ0n) is 7.39. The van der Waals surface area contributed by atoms with E-state index in [0.29, 0.717) is 5.84 Å². The van der Waals surface area contributed by atoms with Gasteiger partial charge < -0.3 is 4.90 Å². The van der Waals surface area contributed by atoms with Gasteiger partial charge in [-0.3, -0.25) is 10.4 Å². The Morgan fingerprint density at radius 2 is 2.27 bits per heavy atom. The Labute approximate surface area is 67.9 Å². The van der Waals surface area contributed by atoms with Crippen molar-refractivity contribution in [2.45, 2.75) is 20.3 Å². The molecule has 0 unspecified atom stereocenters. The summed E-state index contributed by atoms with van der Waals surface area (Å²) in [6.07, 6.45) is 2.55. The molecule has 3 nitrogen and oxygen atoms in total. The van der Waals surface area contributed by atoms with Gasteiger partial charge in [0.05, 0.1) is 5.84 Å². The zero-order valence-corrected chi connectivity index (χ0v) is 7.39. The first-order chi connectivity index (χ1) is 5.13. The molecule has 0 aliphatic rings. The molecule has 0 saturated carbocycles. The number of hydrogen-bond donors (Lipinski definition) is 1. The fourth-order valence-corrected chi connectivity index (χ4v) is 0.736. The molecule has 0 atom stereocenters. The van der Waals surface area contributed by atoms with Crippen LogP contribution in [0.5, 0.6) is 0 Å². The highest BCUT2D eigenvalue weighted by atomic mass is 15.1. The fourth-order valence-electron chi connectivity index (χ4n) is 0.736. The number of nitrogens with zero attached hydrogens (tertiary/aromatic N) is 2. The van der Waals surface area contributed by atoms with Gasteiger partial charge in [0.2, 0.25) is 0 Å². The third kappa shape index (κ3) is 2.98. The van der Waals surface area contributed by atoms with E-state index in [1.165, 1.54) is 0 Å². The number of allylic oxidation sites excluding steroid dienone is 1. The van der Waals surface area contributed by atoms with Crippen LogP contribution in [-0.4, -0.2) is 24.5 Å². The van der Waals surface area contributed by atoms with Crippen molar-refractivity contribution in [1.82, 2.24) is 4.90 Å². The van der Waals surface area contributed by atoms with E-state index in [9.17, 15) is 0 Å². The average molecular weight is 153 g/mol. The Bertz CT molecular complexity index is 182.